The zero-order valence-electron chi connectivity index (χ0n) is 8.24. The largest absolute Gasteiger partial charge is 0.422 e. The molecule has 16 heavy (non-hydrogen) atoms. The second kappa shape index (κ2) is 5.38. The first-order valence-corrected chi connectivity index (χ1v) is 5.79. The van der Waals surface area contributed by atoms with Gasteiger partial charge in [0.25, 0.3) is 0 Å². The number of hydrogen-bond acceptors (Lipinski definition) is 5. The summed E-state index contributed by atoms with van der Waals surface area (Å²) in [5.74, 6) is -1.67. The average molecular weight is 266 g/mol. The van der Waals surface area contributed by atoms with Crippen molar-refractivity contribution in [2.75, 3.05) is 12.0 Å². The highest BCUT2D eigenvalue weighted by Crippen LogP contribution is 2.29. The van der Waals surface area contributed by atoms with E-state index >= 15 is 0 Å². The molecule has 0 radical (unpaired) electrons. The Labute approximate surface area is 101 Å². The van der Waals surface area contributed by atoms with Crippen molar-refractivity contribution in [3.8, 4) is 5.75 Å². The Morgan fingerprint density at radius 2 is 2.31 bits per heavy atom. The van der Waals surface area contributed by atoms with Crippen LogP contribution in [0.1, 0.15) is 0 Å². The molecule has 4 nitrogen and oxygen atoms in total. The van der Waals surface area contributed by atoms with Crippen molar-refractivity contribution in [3.05, 3.63) is 23.0 Å². The molecule has 0 aliphatic rings. The number of nitrogen functional groups attached to an aromatic ring is 1. The molecule has 1 rings (SSSR count). The van der Waals surface area contributed by atoms with Crippen LogP contribution in [0.3, 0.4) is 0 Å². The van der Waals surface area contributed by atoms with Crippen LogP contribution in [0.25, 0.3) is 0 Å². The maximum Gasteiger partial charge on any atom is 0.351 e. The minimum atomic E-state index is -1.32. The molecule has 1 aromatic rings. The molecule has 0 aromatic heterocycles. The third-order valence-electron chi connectivity index (χ3n) is 1.69. The van der Waals surface area contributed by atoms with Gasteiger partial charge in [-0.3, -0.25) is 0 Å². The number of carbonyl (C=O) groups excluding carboxylic acids is 1. The van der Waals surface area contributed by atoms with Crippen LogP contribution in [-0.4, -0.2) is 22.8 Å². The smallest absolute Gasteiger partial charge is 0.351 e. The monoisotopic (exact) mass is 265 g/mol. The van der Waals surface area contributed by atoms with Crippen molar-refractivity contribution >= 4 is 35.0 Å². The standard InChI is InChI=1S/C9H9ClFNO3S/c1-16-9(14)8(13)15-7-3-6(12)5(11)2-4(7)10/h2-3,9,14H,12H2,1H3. The molecule has 0 fully saturated rings. The number of nitrogens with two attached hydrogens (primary N) is 1. The van der Waals surface area contributed by atoms with E-state index in [4.69, 9.17) is 27.2 Å². The molecule has 0 bridgehead atoms. The van der Waals surface area contributed by atoms with E-state index in [0.717, 1.165) is 23.9 Å². The van der Waals surface area contributed by atoms with Crippen molar-refractivity contribution < 1.29 is 19.0 Å². The van der Waals surface area contributed by atoms with Crippen LogP contribution in [0.2, 0.25) is 5.02 Å². The number of carbonyl (C=O) groups is 1. The van der Waals surface area contributed by atoms with Gasteiger partial charge in [-0.2, -0.15) is 0 Å². The third-order valence-corrected chi connectivity index (χ3v) is 2.62. The van der Waals surface area contributed by atoms with E-state index in [1.807, 2.05) is 0 Å². The minimum Gasteiger partial charge on any atom is -0.422 e. The van der Waals surface area contributed by atoms with Crippen LogP contribution in [0.5, 0.6) is 5.75 Å². The van der Waals surface area contributed by atoms with E-state index < -0.39 is 17.2 Å². The van der Waals surface area contributed by atoms with Crippen LogP contribution < -0.4 is 10.5 Å². The third kappa shape index (κ3) is 3.01. The number of thioether (sulfide) groups is 1. The Balaban J connectivity index is 2.90. The lowest BCUT2D eigenvalue weighted by Gasteiger charge is -2.10. The van der Waals surface area contributed by atoms with Crippen molar-refractivity contribution in [1.29, 1.82) is 0 Å². The molecular formula is C9H9ClFNO3S. The highest BCUT2D eigenvalue weighted by molar-refractivity contribution is 7.99. The number of benzene rings is 1. The fraction of sp³-hybridized carbons (Fsp3) is 0.222. The van der Waals surface area contributed by atoms with E-state index in [1.165, 1.54) is 6.26 Å². The van der Waals surface area contributed by atoms with Crippen molar-refractivity contribution in [2.24, 2.45) is 0 Å². The molecule has 0 spiro atoms. The van der Waals surface area contributed by atoms with Gasteiger partial charge in [0.2, 0.25) is 0 Å². The average Bonchev–Trinajstić information content (AvgIpc) is 2.24. The number of esters is 1. The maximum atomic E-state index is 12.9. The van der Waals surface area contributed by atoms with E-state index in [1.54, 1.807) is 0 Å². The number of ether oxygens (including phenoxy) is 1. The summed E-state index contributed by atoms with van der Waals surface area (Å²) in [7, 11) is 0. The zero-order chi connectivity index (χ0) is 12.3. The van der Waals surface area contributed by atoms with Crippen molar-refractivity contribution in [1.82, 2.24) is 0 Å². The number of rotatable bonds is 3. The summed E-state index contributed by atoms with van der Waals surface area (Å²) < 4.78 is 17.7. The SMILES string of the molecule is CSC(O)C(=O)Oc1cc(N)c(F)cc1Cl. The van der Waals surface area contributed by atoms with Gasteiger partial charge in [0.1, 0.15) is 5.82 Å². The van der Waals surface area contributed by atoms with Gasteiger partial charge >= 0.3 is 5.97 Å². The molecule has 1 aromatic carbocycles. The second-order valence-corrected chi connectivity index (χ2v) is 4.14. The normalized spacial score (nSPS) is 12.2. The Hall–Kier alpha value is -0.980. The Morgan fingerprint density at radius 3 is 2.88 bits per heavy atom. The molecule has 0 heterocycles. The summed E-state index contributed by atoms with van der Waals surface area (Å²) in [6, 6.07) is 2.02. The van der Waals surface area contributed by atoms with E-state index in [0.29, 0.717) is 0 Å². The number of aliphatic hydroxyl groups excluding tert-OH is 1. The van der Waals surface area contributed by atoms with E-state index in [2.05, 4.69) is 0 Å². The summed E-state index contributed by atoms with van der Waals surface area (Å²) in [5, 5.41) is 9.05. The van der Waals surface area contributed by atoms with E-state index in [9.17, 15) is 9.18 Å². The predicted molar refractivity (Wildman–Crippen MR) is 61.0 cm³/mol. The van der Waals surface area contributed by atoms with Gasteiger partial charge in [-0.25, -0.2) is 9.18 Å². The zero-order valence-corrected chi connectivity index (χ0v) is 9.81. The number of halogens is 2. The van der Waals surface area contributed by atoms with Gasteiger partial charge in [0.05, 0.1) is 10.7 Å². The molecule has 0 amide bonds. The highest BCUT2D eigenvalue weighted by atomic mass is 35.5. The number of hydrogen-bond donors (Lipinski definition) is 2. The fourth-order valence-corrected chi connectivity index (χ4v) is 1.31. The van der Waals surface area contributed by atoms with Crippen molar-refractivity contribution in [3.63, 3.8) is 0 Å². The van der Waals surface area contributed by atoms with Crippen LogP contribution in [0, 0.1) is 5.82 Å². The Morgan fingerprint density at radius 1 is 1.69 bits per heavy atom. The Bertz CT molecular complexity index is 416. The van der Waals surface area contributed by atoms with Crippen LogP contribution in [0.4, 0.5) is 10.1 Å². The lowest BCUT2D eigenvalue weighted by atomic mass is 10.3. The van der Waals surface area contributed by atoms with Crippen LogP contribution in [0.15, 0.2) is 12.1 Å². The molecule has 0 aliphatic heterocycles. The van der Waals surface area contributed by atoms with Crippen molar-refractivity contribution in [2.45, 2.75) is 5.44 Å². The quantitative estimate of drug-likeness (QED) is 0.376. The molecule has 0 aliphatic carbocycles. The molecule has 7 heteroatoms. The summed E-state index contributed by atoms with van der Waals surface area (Å²) >= 11 is 6.53. The molecule has 1 atom stereocenters. The maximum absolute atomic E-state index is 12.9. The van der Waals surface area contributed by atoms with Gasteiger partial charge in [-0.05, 0) is 12.3 Å². The topological polar surface area (TPSA) is 72.5 Å². The molecule has 0 saturated heterocycles. The summed E-state index contributed by atoms with van der Waals surface area (Å²) in [6.07, 6.45) is 1.53. The molecule has 3 N–H and O–H groups in total. The van der Waals surface area contributed by atoms with Gasteiger partial charge in [-0.15, -0.1) is 11.8 Å². The van der Waals surface area contributed by atoms with Gasteiger partial charge in [0, 0.05) is 6.07 Å². The molecule has 88 valence electrons. The molecule has 1 unspecified atom stereocenters. The summed E-state index contributed by atoms with van der Waals surface area (Å²) in [4.78, 5) is 11.2. The number of aliphatic hydroxyl groups is 1. The van der Waals surface area contributed by atoms with Gasteiger partial charge in [0.15, 0.2) is 11.2 Å². The second-order valence-electron chi connectivity index (χ2n) is 2.81. The molecule has 0 saturated carbocycles. The van der Waals surface area contributed by atoms with E-state index in [-0.39, 0.29) is 16.5 Å². The summed E-state index contributed by atoms with van der Waals surface area (Å²) in [6.45, 7) is 0. The first-order valence-electron chi connectivity index (χ1n) is 4.12. The first kappa shape index (κ1) is 13.1. The van der Waals surface area contributed by atoms with Gasteiger partial charge in [-0.1, -0.05) is 11.6 Å². The molecular weight excluding hydrogens is 257 g/mol. The fourth-order valence-electron chi connectivity index (χ4n) is 0.878. The van der Waals surface area contributed by atoms with Crippen LogP contribution in [-0.2, 0) is 4.79 Å². The number of anilines is 1. The summed E-state index contributed by atoms with van der Waals surface area (Å²) in [5.41, 5.74) is 3.77. The lowest BCUT2D eigenvalue weighted by Crippen LogP contribution is -2.22. The van der Waals surface area contributed by atoms with Crippen LogP contribution >= 0.6 is 23.4 Å². The first-order chi connectivity index (χ1) is 7.45. The highest BCUT2D eigenvalue weighted by Gasteiger charge is 2.18. The predicted octanol–water partition coefficient (Wildman–Crippen LogP) is 1.65. The minimum absolute atomic E-state index is 0.0846. The van der Waals surface area contributed by atoms with Gasteiger partial charge < -0.3 is 15.6 Å². The Kier molecular flexibility index (Phi) is 4.40. The lowest BCUT2D eigenvalue weighted by molar-refractivity contribution is -0.139.